The minimum atomic E-state index is 0.00572. The van der Waals surface area contributed by atoms with Gasteiger partial charge in [-0.3, -0.25) is 4.79 Å². The number of hydrogen-bond acceptors (Lipinski definition) is 3. The van der Waals surface area contributed by atoms with Gasteiger partial charge in [0.15, 0.2) is 0 Å². The molecule has 0 amide bonds. The highest BCUT2D eigenvalue weighted by Crippen LogP contribution is 2.31. The molecule has 1 aromatic carbocycles. The lowest BCUT2D eigenvalue weighted by molar-refractivity contribution is -0.117. The summed E-state index contributed by atoms with van der Waals surface area (Å²) in [6, 6.07) is 8.06. The van der Waals surface area contributed by atoms with Gasteiger partial charge in [-0.25, -0.2) is 0 Å². The summed E-state index contributed by atoms with van der Waals surface area (Å²) in [7, 11) is 1.67. The Labute approximate surface area is 108 Å². The predicted molar refractivity (Wildman–Crippen MR) is 73.7 cm³/mol. The first-order chi connectivity index (χ1) is 7.93. The van der Waals surface area contributed by atoms with Crippen molar-refractivity contribution in [1.29, 1.82) is 0 Å². The second-order valence-corrected chi connectivity index (χ2v) is 6.46. The van der Waals surface area contributed by atoms with Gasteiger partial charge in [0.25, 0.3) is 0 Å². The largest absolute Gasteiger partial charge is 0.497 e. The van der Waals surface area contributed by atoms with Crippen LogP contribution in [0.4, 0.5) is 0 Å². The van der Waals surface area contributed by atoms with Crippen molar-refractivity contribution in [3.05, 3.63) is 29.8 Å². The van der Waals surface area contributed by atoms with Gasteiger partial charge in [-0.05, 0) is 24.6 Å². The molecule has 3 heteroatoms. The minimum absolute atomic E-state index is 0.00572. The van der Waals surface area contributed by atoms with E-state index in [-0.39, 0.29) is 10.5 Å². The van der Waals surface area contributed by atoms with Crippen LogP contribution in [0.1, 0.15) is 32.8 Å². The SMILES string of the molecule is COc1ccc(CSC(C)(C)CC(C)=O)cc1. The fraction of sp³-hybridized carbons (Fsp3) is 0.500. The van der Waals surface area contributed by atoms with E-state index in [0.717, 1.165) is 11.5 Å². The van der Waals surface area contributed by atoms with E-state index in [0.29, 0.717) is 6.42 Å². The van der Waals surface area contributed by atoms with E-state index in [1.165, 1.54) is 5.56 Å². The third-order valence-corrected chi connectivity index (χ3v) is 3.87. The van der Waals surface area contributed by atoms with E-state index in [1.54, 1.807) is 14.0 Å². The molecular formula is C14H20O2S. The number of carbonyl (C=O) groups excluding carboxylic acids is 1. The molecule has 17 heavy (non-hydrogen) atoms. The summed E-state index contributed by atoms with van der Waals surface area (Å²) in [5, 5.41) is 0. The zero-order valence-electron chi connectivity index (χ0n) is 10.9. The highest BCUT2D eigenvalue weighted by atomic mass is 32.2. The Morgan fingerprint density at radius 1 is 1.29 bits per heavy atom. The van der Waals surface area contributed by atoms with Crippen LogP contribution < -0.4 is 4.74 Å². The molecule has 0 atom stereocenters. The Balaban J connectivity index is 2.51. The summed E-state index contributed by atoms with van der Waals surface area (Å²) in [6.45, 7) is 5.88. The first-order valence-electron chi connectivity index (χ1n) is 5.69. The molecule has 0 bridgehead atoms. The van der Waals surface area contributed by atoms with Crippen molar-refractivity contribution in [2.75, 3.05) is 7.11 Å². The number of ether oxygens (including phenoxy) is 1. The number of benzene rings is 1. The van der Waals surface area contributed by atoms with Gasteiger partial charge in [0, 0.05) is 16.9 Å². The zero-order chi connectivity index (χ0) is 12.9. The molecule has 94 valence electrons. The Morgan fingerprint density at radius 3 is 2.35 bits per heavy atom. The van der Waals surface area contributed by atoms with Crippen LogP contribution in [0.3, 0.4) is 0 Å². The minimum Gasteiger partial charge on any atom is -0.497 e. The average molecular weight is 252 g/mol. The third kappa shape index (κ3) is 5.26. The van der Waals surface area contributed by atoms with E-state index < -0.39 is 0 Å². The van der Waals surface area contributed by atoms with Gasteiger partial charge in [0.2, 0.25) is 0 Å². The lowest BCUT2D eigenvalue weighted by Gasteiger charge is -2.22. The standard InChI is InChI=1S/C14H20O2S/c1-11(15)9-14(2,3)17-10-12-5-7-13(16-4)8-6-12/h5-8H,9-10H2,1-4H3. The first kappa shape index (κ1) is 14.1. The smallest absolute Gasteiger partial charge is 0.131 e. The van der Waals surface area contributed by atoms with E-state index in [9.17, 15) is 4.79 Å². The van der Waals surface area contributed by atoms with Crippen molar-refractivity contribution in [3.63, 3.8) is 0 Å². The monoisotopic (exact) mass is 252 g/mol. The lowest BCUT2D eigenvalue weighted by Crippen LogP contribution is -2.18. The van der Waals surface area contributed by atoms with Crippen molar-refractivity contribution >= 4 is 17.5 Å². The molecule has 0 unspecified atom stereocenters. The molecule has 0 spiro atoms. The van der Waals surface area contributed by atoms with E-state index >= 15 is 0 Å². The molecular weight excluding hydrogens is 232 g/mol. The van der Waals surface area contributed by atoms with E-state index in [1.807, 2.05) is 23.9 Å². The molecule has 0 heterocycles. The van der Waals surface area contributed by atoms with Gasteiger partial charge >= 0.3 is 0 Å². The fourth-order valence-electron chi connectivity index (χ4n) is 1.65. The summed E-state index contributed by atoms with van der Waals surface area (Å²) >= 11 is 1.81. The topological polar surface area (TPSA) is 26.3 Å². The van der Waals surface area contributed by atoms with Crippen molar-refractivity contribution < 1.29 is 9.53 Å². The molecule has 0 aromatic heterocycles. The van der Waals surface area contributed by atoms with Gasteiger partial charge < -0.3 is 4.74 Å². The number of hydrogen-bond donors (Lipinski definition) is 0. The first-order valence-corrected chi connectivity index (χ1v) is 6.68. The van der Waals surface area contributed by atoms with Crippen LogP contribution in [0.15, 0.2) is 24.3 Å². The molecule has 1 aromatic rings. The molecule has 0 aliphatic rings. The Bertz CT molecular complexity index is 368. The zero-order valence-corrected chi connectivity index (χ0v) is 11.8. The average Bonchev–Trinajstić information content (AvgIpc) is 2.25. The molecule has 0 radical (unpaired) electrons. The summed E-state index contributed by atoms with van der Waals surface area (Å²) in [5.74, 6) is 2.04. The maximum atomic E-state index is 11.1. The van der Waals surface area contributed by atoms with Gasteiger partial charge in [-0.2, -0.15) is 11.8 Å². The van der Waals surface area contributed by atoms with E-state index in [4.69, 9.17) is 4.74 Å². The third-order valence-electron chi connectivity index (χ3n) is 2.46. The van der Waals surface area contributed by atoms with Crippen LogP contribution in [0.5, 0.6) is 5.75 Å². The quantitative estimate of drug-likeness (QED) is 0.772. The number of methoxy groups -OCH3 is 1. The number of thioether (sulfide) groups is 1. The van der Waals surface area contributed by atoms with Crippen LogP contribution in [0, 0.1) is 0 Å². The molecule has 0 saturated heterocycles. The second-order valence-electron chi connectivity index (χ2n) is 4.78. The molecule has 0 aliphatic carbocycles. The summed E-state index contributed by atoms with van der Waals surface area (Å²) in [4.78, 5) is 11.1. The van der Waals surface area contributed by atoms with Crippen molar-refractivity contribution in [2.45, 2.75) is 37.7 Å². The summed E-state index contributed by atoms with van der Waals surface area (Å²) in [6.07, 6.45) is 0.619. The maximum absolute atomic E-state index is 11.1. The molecule has 2 nitrogen and oxygen atoms in total. The Hall–Kier alpha value is -0.960. The van der Waals surface area contributed by atoms with Crippen LogP contribution in [0.2, 0.25) is 0 Å². The van der Waals surface area contributed by atoms with Gasteiger partial charge in [-0.15, -0.1) is 0 Å². The highest BCUT2D eigenvalue weighted by molar-refractivity contribution is 7.99. The maximum Gasteiger partial charge on any atom is 0.131 e. The lowest BCUT2D eigenvalue weighted by atomic mass is 10.1. The van der Waals surface area contributed by atoms with Crippen LogP contribution in [-0.4, -0.2) is 17.6 Å². The van der Waals surface area contributed by atoms with Crippen LogP contribution in [-0.2, 0) is 10.5 Å². The Morgan fingerprint density at radius 2 is 1.88 bits per heavy atom. The highest BCUT2D eigenvalue weighted by Gasteiger charge is 2.20. The predicted octanol–water partition coefficient (Wildman–Crippen LogP) is 3.69. The number of ketones is 1. The number of rotatable bonds is 6. The molecule has 0 fully saturated rings. The van der Waals surface area contributed by atoms with Crippen molar-refractivity contribution in [2.24, 2.45) is 0 Å². The number of carbonyl (C=O) groups is 1. The van der Waals surface area contributed by atoms with Crippen molar-refractivity contribution in [1.82, 2.24) is 0 Å². The van der Waals surface area contributed by atoms with Gasteiger partial charge in [0.1, 0.15) is 11.5 Å². The molecule has 0 N–H and O–H groups in total. The van der Waals surface area contributed by atoms with Crippen molar-refractivity contribution in [3.8, 4) is 5.75 Å². The van der Waals surface area contributed by atoms with Crippen LogP contribution in [0.25, 0.3) is 0 Å². The number of Topliss-reactive ketones (excluding diaryl/α,β-unsaturated/α-hetero) is 1. The Kier molecular flexibility index (Phi) is 5.06. The summed E-state index contributed by atoms with van der Waals surface area (Å²) in [5.41, 5.74) is 1.26. The fourth-order valence-corrected chi connectivity index (χ4v) is 2.71. The normalized spacial score (nSPS) is 11.3. The molecule has 1 rings (SSSR count). The van der Waals surface area contributed by atoms with E-state index in [2.05, 4.69) is 26.0 Å². The van der Waals surface area contributed by atoms with Crippen LogP contribution >= 0.6 is 11.8 Å². The second kappa shape index (κ2) is 6.10. The molecule has 0 saturated carbocycles. The summed E-state index contributed by atoms with van der Waals surface area (Å²) < 4.78 is 5.12. The van der Waals surface area contributed by atoms with Gasteiger partial charge in [-0.1, -0.05) is 26.0 Å². The molecule has 0 aliphatic heterocycles. The van der Waals surface area contributed by atoms with Gasteiger partial charge in [0.05, 0.1) is 7.11 Å².